The van der Waals surface area contributed by atoms with Crippen LogP contribution >= 0.6 is 11.3 Å². The Balaban J connectivity index is 1.50. The number of benzene rings is 1. The van der Waals surface area contributed by atoms with Crippen molar-refractivity contribution < 1.29 is 4.79 Å². The number of aromatic amines is 1. The van der Waals surface area contributed by atoms with Crippen LogP contribution in [0.2, 0.25) is 0 Å². The van der Waals surface area contributed by atoms with Gasteiger partial charge in [0, 0.05) is 44.5 Å². The lowest BCUT2D eigenvalue weighted by atomic mass is 10.1. The molecule has 1 aliphatic rings. The van der Waals surface area contributed by atoms with E-state index in [4.69, 9.17) is 0 Å². The highest BCUT2D eigenvalue weighted by Gasteiger charge is 2.20. The van der Waals surface area contributed by atoms with Crippen molar-refractivity contribution in [2.24, 2.45) is 0 Å². The monoisotopic (exact) mass is 369 g/mol. The quantitative estimate of drug-likeness (QED) is 0.734. The summed E-state index contributed by atoms with van der Waals surface area (Å²) >= 11 is 1.41. The standard InChI is InChI=1S/C18H19N5O2S/c1-19-16(24)12-3-2-4-13(11-12)22-6-8-23(9-7-22)18-20-14-5-10-26-15(14)17(25)21-18/h2-5,10-11H,6-9H2,1H3,(H,19,24)(H,20,21,25). The number of H-pyrrole nitrogens is 1. The number of rotatable bonds is 3. The molecule has 1 saturated heterocycles. The van der Waals surface area contributed by atoms with Gasteiger partial charge in [0.05, 0.1) is 5.52 Å². The molecule has 0 spiro atoms. The van der Waals surface area contributed by atoms with Gasteiger partial charge in [-0.15, -0.1) is 11.3 Å². The van der Waals surface area contributed by atoms with Gasteiger partial charge < -0.3 is 15.1 Å². The van der Waals surface area contributed by atoms with Gasteiger partial charge in [0.25, 0.3) is 11.5 Å². The molecule has 8 heteroatoms. The molecule has 0 atom stereocenters. The van der Waals surface area contributed by atoms with Gasteiger partial charge in [-0.1, -0.05) is 6.07 Å². The summed E-state index contributed by atoms with van der Waals surface area (Å²) in [7, 11) is 1.63. The third kappa shape index (κ3) is 3.03. The number of carbonyl (C=O) groups excluding carboxylic acids is 1. The first-order chi connectivity index (χ1) is 12.7. The Morgan fingerprint density at radius 3 is 2.73 bits per heavy atom. The van der Waals surface area contributed by atoms with Crippen LogP contribution in [0.25, 0.3) is 10.2 Å². The highest BCUT2D eigenvalue weighted by Crippen LogP contribution is 2.21. The summed E-state index contributed by atoms with van der Waals surface area (Å²) in [4.78, 5) is 35.8. The fourth-order valence-corrected chi connectivity index (χ4v) is 3.90. The summed E-state index contributed by atoms with van der Waals surface area (Å²) in [5.74, 6) is 0.538. The van der Waals surface area contributed by atoms with Crippen LogP contribution in [0.5, 0.6) is 0 Å². The summed E-state index contributed by atoms with van der Waals surface area (Å²) in [6, 6.07) is 9.50. The molecule has 134 valence electrons. The van der Waals surface area contributed by atoms with Crippen molar-refractivity contribution in [1.29, 1.82) is 0 Å². The van der Waals surface area contributed by atoms with Crippen molar-refractivity contribution in [3.63, 3.8) is 0 Å². The van der Waals surface area contributed by atoms with Crippen molar-refractivity contribution in [3.05, 3.63) is 51.6 Å². The third-order valence-corrected chi connectivity index (χ3v) is 5.48. The first kappa shape index (κ1) is 16.6. The predicted molar refractivity (Wildman–Crippen MR) is 104 cm³/mol. The maximum Gasteiger partial charge on any atom is 0.270 e. The van der Waals surface area contributed by atoms with Crippen LogP contribution in [-0.4, -0.2) is 49.1 Å². The summed E-state index contributed by atoms with van der Waals surface area (Å²) in [6.45, 7) is 3.09. The fraction of sp³-hybridized carbons (Fsp3) is 0.278. The molecule has 0 aliphatic carbocycles. The van der Waals surface area contributed by atoms with Gasteiger partial charge >= 0.3 is 0 Å². The molecule has 1 aliphatic heterocycles. The van der Waals surface area contributed by atoms with E-state index in [1.165, 1.54) is 11.3 Å². The van der Waals surface area contributed by atoms with Gasteiger partial charge in [-0.3, -0.25) is 14.6 Å². The summed E-state index contributed by atoms with van der Waals surface area (Å²) in [6.07, 6.45) is 0. The molecule has 4 rings (SSSR count). The Bertz CT molecular complexity index is 1000. The summed E-state index contributed by atoms with van der Waals surface area (Å²) in [5.41, 5.74) is 2.34. The molecule has 2 aromatic heterocycles. The van der Waals surface area contributed by atoms with Crippen LogP contribution in [0.1, 0.15) is 10.4 Å². The molecule has 26 heavy (non-hydrogen) atoms. The Labute approximate surface area is 154 Å². The van der Waals surface area contributed by atoms with Crippen LogP contribution in [0.3, 0.4) is 0 Å². The molecule has 0 unspecified atom stereocenters. The van der Waals surface area contributed by atoms with Crippen molar-refractivity contribution in [2.45, 2.75) is 0 Å². The molecule has 3 heterocycles. The minimum atomic E-state index is -0.0867. The number of carbonyl (C=O) groups is 1. The molecule has 1 amide bonds. The highest BCUT2D eigenvalue weighted by molar-refractivity contribution is 7.17. The Morgan fingerprint density at radius 1 is 1.19 bits per heavy atom. The highest BCUT2D eigenvalue weighted by atomic mass is 32.1. The Morgan fingerprint density at radius 2 is 1.96 bits per heavy atom. The lowest BCUT2D eigenvalue weighted by Crippen LogP contribution is -2.47. The molecule has 3 aromatic rings. The molecule has 0 bridgehead atoms. The molecule has 1 fully saturated rings. The molecule has 1 aromatic carbocycles. The molecule has 0 saturated carbocycles. The van der Waals surface area contributed by atoms with Crippen LogP contribution < -0.4 is 20.7 Å². The largest absolute Gasteiger partial charge is 0.368 e. The predicted octanol–water partition coefficient (Wildman–Crippen LogP) is 1.67. The number of hydrogen-bond donors (Lipinski definition) is 2. The van der Waals surface area contributed by atoms with Crippen molar-refractivity contribution in [3.8, 4) is 0 Å². The van der Waals surface area contributed by atoms with Gasteiger partial charge in [0.15, 0.2) is 0 Å². The van der Waals surface area contributed by atoms with E-state index in [2.05, 4.69) is 25.1 Å². The zero-order chi connectivity index (χ0) is 18.1. The number of amides is 1. The van der Waals surface area contributed by atoms with E-state index in [0.717, 1.165) is 37.4 Å². The number of fused-ring (bicyclic) bond motifs is 1. The van der Waals surface area contributed by atoms with E-state index in [1.807, 2.05) is 35.7 Å². The molecule has 7 nitrogen and oxygen atoms in total. The number of anilines is 2. The minimum Gasteiger partial charge on any atom is -0.368 e. The lowest BCUT2D eigenvalue weighted by Gasteiger charge is -2.36. The van der Waals surface area contributed by atoms with E-state index < -0.39 is 0 Å². The van der Waals surface area contributed by atoms with Crippen molar-refractivity contribution in [2.75, 3.05) is 43.0 Å². The van der Waals surface area contributed by atoms with Crippen LogP contribution in [0.4, 0.5) is 11.6 Å². The molecule has 0 radical (unpaired) electrons. The summed E-state index contributed by atoms with van der Waals surface area (Å²) in [5, 5.41) is 4.53. The number of hydrogen-bond acceptors (Lipinski definition) is 6. The topological polar surface area (TPSA) is 81.3 Å². The SMILES string of the molecule is CNC(=O)c1cccc(N2CCN(c3nc4ccsc4c(=O)[nH]3)CC2)c1. The maximum absolute atomic E-state index is 12.2. The number of nitrogens with zero attached hydrogens (tertiary/aromatic N) is 3. The number of thiophene rings is 1. The molecular weight excluding hydrogens is 350 g/mol. The van der Waals surface area contributed by atoms with Crippen LogP contribution in [0.15, 0.2) is 40.5 Å². The fourth-order valence-electron chi connectivity index (χ4n) is 3.18. The first-order valence-corrected chi connectivity index (χ1v) is 9.33. The average molecular weight is 369 g/mol. The van der Waals surface area contributed by atoms with E-state index >= 15 is 0 Å². The van der Waals surface area contributed by atoms with Gasteiger partial charge in [-0.05, 0) is 29.6 Å². The van der Waals surface area contributed by atoms with E-state index in [-0.39, 0.29) is 11.5 Å². The van der Waals surface area contributed by atoms with E-state index in [9.17, 15) is 9.59 Å². The molecule has 2 N–H and O–H groups in total. The van der Waals surface area contributed by atoms with E-state index in [0.29, 0.717) is 16.2 Å². The van der Waals surface area contributed by atoms with Gasteiger partial charge in [0.2, 0.25) is 5.95 Å². The summed E-state index contributed by atoms with van der Waals surface area (Å²) < 4.78 is 0.665. The first-order valence-electron chi connectivity index (χ1n) is 8.45. The third-order valence-electron chi connectivity index (χ3n) is 4.58. The van der Waals surface area contributed by atoms with Crippen molar-refractivity contribution >= 4 is 39.1 Å². The van der Waals surface area contributed by atoms with Crippen LogP contribution in [0, 0.1) is 0 Å². The van der Waals surface area contributed by atoms with Gasteiger partial charge in [-0.25, -0.2) is 4.98 Å². The zero-order valence-corrected chi connectivity index (χ0v) is 15.2. The number of piperazine rings is 1. The number of aromatic nitrogens is 2. The second-order valence-electron chi connectivity index (χ2n) is 6.13. The second-order valence-corrected chi connectivity index (χ2v) is 7.04. The number of nitrogens with one attached hydrogen (secondary N) is 2. The molecular formula is C18H19N5O2S. The van der Waals surface area contributed by atoms with E-state index in [1.54, 1.807) is 7.05 Å². The minimum absolute atomic E-state index is 0.0827. The van der Waals surface area contributed by atoms with Gasteiger partial charge in [0.1, 0.15) is 4.70 Å². The normalized spacial score (nSPS) is 14.7. The lowest BCUT2D eigenvalue weighted by molar-refractivity contribution is 0.0963. The second kappa shape index (κ2) is 6.80. The van der Waals surface area contributed by atoms with Crippen LogP contribution in [-0.2, 0) is 0 Å². The average Bonchev–Trinajstić information content (AvgIpc) is 3.17. The van der Waals surface area contributed by atoms with Gasteiger partial charge in [-0.2, -0.15) is 0 Å². The smallest absolute Gasteiger partial charge is 0.270 e. The Hall–Kier alpha value is -2.87. The maximum atomic E-state index is 12.2. The van der Waals surface area contributed by atoms with Crippen molar-refractivity contribution in [1.82, 2.24) is 15.3 Å². The zero-order valence-electron chi connectivity index (χ0n) is 14.4. The Kier molecular flexibility index (Phi) is 4.34.